The van der Waals surface area contributed by atoms with Crippen LogP contribution in [-0.2, 0) is 21.2 Å². The lowest BCUT2D eigenvalue weighted by Crippen LogP contribution is -2.42. The predicted molar refractivity (Wildman–Crippen MR) is 88.2 cm³/mol. The van der Waals surface area contributed by atoms with Crippen LogP contribution in [-0.4, -0.2) is 57.5 Å². The molecule has 2 heterocycles. The lowest BCUT2D eigenvalue weighted by atomic mass is 10.1. The van der Waals surface area contributed by atoms with Crippen molar-refractivity contribution in [1.29, 1.82) is 0 Å². The van der Waals surface area contributed by atoms with Crippen molar-refractivity contribution >= 4 is 27.3 Å². The topological polar surface area (TPSA) is 107 Å². The van der Waals surface area contributed by atoms with Gasteiger partial charge in [0.2, 0.25) is 11.7 Å². The van der Waals surface area contributed by atoms with Crippen LogP contribution < -0.4 is 5.32 Å². The second kappa shape index (κ2) is 6.48. The number of nitrogens with zero attached hydrogens (tertiary/aromatic N) is 4. The van der Waals surface area contributed by atoms with Crippen molar-refractivity contribution in [3.8, 4) is 11.4 Å². The number of benzene rings is 1. The largest absolute Gasteiger partial charge is 0.349 e. The average Bonchev–Trinajstić information content (AvgIpc) is 3.03. The molecule has 1 N–H and O–H groups in total. The van der Waals surface area contributed by atoms with Gasteiger partial charge in [-0.05, 0) is 17.7 Å². The Kier molecular flexibility index (Phi) is 4.55. The molecule has 1 saturated heterocycles. The van der Waals surface area contributed by atoms with Gasteiger partial charge < -0.3 is 5.32 Å². The highest BCUT2D eigenvalue weighted by Crippen LogP contribution is 2.19. The molecule has 0 bridgehead atoms. The molecule has 0 saturated carbocycles. The molecule has 0 aliphatic carbocycles. The standard InChI is InChI=1S/C14H16ClN5O3S/c1-9-4-2-3-5-10(9)14-17-19-20(18-14)6-13(21)16-12-8-24(22,23)7-11(12)15/h2-5,11-12H,6-8H2,1H3,(H,16,21)/t11-,12+/m1/s1. The molecule has 10 heteroatoms. The first-order valence-corrected chi connectivity index (χ1v) is 9.57. The maximum Gasteiger partial charge on any atom is 0.243 e. The van der Waals surface area contributed by atoms with E-state index in [0.717, 1.165) is 11.1 Å². The summed E-state index contributed by atoms with van der Waals surface area (Å²) >= 11 is 5.97. The summed E-state index contributed by atoms with van der Waals surface area (Å²) in [6.07, 6.45) is 0. The first-order valence-electron chi connectivity index (χ1n) is 7.32. The lowest BCUT2D eigenvalue weighted by Gasteiger charge is -2.13. The molecular weight excluding hydrogens is 354 g/mol. The third-order valence-electron chi connectivity index (χ3n) is 3.75. The molecule has 1 amide bonds. The van der Waals surface area contributed by atoms with Crippen LogP contribution in [0.4, 0.5) is 0 Å². The lowest BCUT2D eigenvalue weighted by molar-refractivity contribution is -0.122. The number of halogens is 1. The van der Waals surface area contributed by atoms with Gasteiger partial charge in [0, 0.05) is 5.56 Å². The maximum absolute atomic E-state index is 12.0. The van der Waals surface area contributed by atoms with Gasteiger partial charge in [0.1, 0.15) is 6.54 Å². The summed E-state index contributed by atoms with van der Waals surface area (Å²) < 4.78 is 23.0. The Morgan fingerprint density at radius 2 is 2.12 bits per heavy atom. The van der Waals surface area contributed by atoms with Gasteiger partial charge in [-0.25, -0.2) is 8.42 Å². The average molecular weight is 370 g/mol. The highest BCUT2D eigenvalue weighted by Gasteiger charge is 2.37. The third kappa shape index (κ3) is 3.73. The maximum atomic E-state index is 12.0. The van der Waals surface area contributed by atoms with Crippen molar-refractivity contribution in [2.24, 2.45) is 0 Å². The summed E-state index contributed by atoms with van der Waals surface area (Å²) in [6, 6.07) is 7.00. The Bertz CT molecular complexity index is 867. The SMILES string of the molecule is Cc1ccccc1-c1nnn(CC(=O)N[C@H]2CS(=O)(=O)C[C@H]2Cl)n1. The second-order valence-corrected chi connectivity index (χ2v) is 8.44. The smallest absolute Gasteiger partial charge is 0.243 e. The molecule has 0 unspecified atom stereocenters. The van der Waals surface area contributed by atoms with Crippen LogP contribution in [0.2, 0.25) is 0 Å². The van der Waals surface area contributed by atoms with Gasteiger partial charge in [-0.3, -0.25) is 4.79 Å². The Labute approximate surface area is 144 Å². The number of tetrazole rings is 1. The molecule has 1 aromatic carbocycles. The van der Waals surface area contributed by atoms with Crippen LogP contribution in [0.25, 0.3) is 11.4 Å². The van der Waals surface area contributed by atoms with Gasteiger partial charge in [0.25, 0.3) is 0 Å². The Balaban J connectivity index is 1.65. The summed E-state index contributed by atoms with van der Waals surface area (Å²) in [6.45, 7) is 1.78. The number of hydrogen-bond acceptors (Lipinski definition) is 6. The summed E-state index contributed by atoms with van der Waals surface area (Å²) in [5, 5.41) is 14.0. The monoisotopic (exact) mass is 369 g/mol. The summed E-state index contributed by atoms with van der Waals surface area (Å²) in [7, 11) is -3.20. The van der Waals surface area contributed by atoms with Gasteiger partial charge >= 0.3 is 0 Å². The molecule has 1 fully saturated rings. The quantitative estimate of drug-likeness (QED) is 0.770. The van der Waals surface area contributed by atoms with E-state index in [1.54, 1.807) is 0 Å². The normalized spacial score (nSPS) is 22.4. The van der Waals surface area contributed by atoms with Gasteiger partial charge in [0.05, 0.1) is 22.9 Å². The van der Waals surface area contributed by atoms with Crippen LogP contribution in [0.5, 0.6) is 0 Å². The van der Waals surface area contributed by atoms with E-state index < -0.39 is 27.2 Å². The number of carbonyl (C=O) groups excluding carboxylic acids is 1. The molecule has 1 aliphatic rings. The minimum absolute atomic E-state index is 0.126. The number of carbonyl (C=O) groups is 1. The summed E-state index contributed by atoms with van der Waals surface area (Å²) in [5.41, 5.74) is 1.84. The molecule has 2 atom stereocenters. The first-order chi connectivity index (χ1) is 11.3. The van der Waals surface area contributed by atoms with E-state index in [1.165, 1.54) is 4.80 Å². The molecule has 2 aromatic rings. The van der Waals surface area contributed by atoms with Crippen LogP contribution >= 0.6 is 11.6 Å². The predicted octanol–water partition coefficient (Wildman–Crippen LogP) is 0.169. The number of aromatic nitrogens is 4. The van der Waals surface area contributed by atoms with Crippen LogP contribution in [0.1, 0.15) is 5.56 Å². The number of hydrogen-bond donors (Lipinski definition) is 1. The fourth-order valence-electron chi connectivity index (χ4n) is 2.56. The van der Waals surface area contributed by atoms with E-state index in [0.29, 0.717) is 5.82 Å². The highest BCUT2D eigenvalue weighted by molar-refractivity contribution is 7.91. The molecular formula is C14H16ClN5O3S. The van der Waals surface area contributed by atoms with Crippen molar-refractivity contribution in [2.45, 2.75) is 24.9 Å². The molecule has 1 aromatic heterocycles. The van der Waals surface area contributed by atoms with Crippen LogP contribution in [0.15, 0.2) is 24.3 Å². The van der Waals surface area contributed by atoms with Gasteiger partial charge in [-0.1, -0.05) is 24.3 Å². The zero-order valence-corrected chi connectivity index (χ0v) is 14.5. The fraction of sp³-hybridized carbons (Fsp3) is 0.429. The molecule has 0 spiro atoms. The molecule has 128 valence electrons. The number of aryl methyl sites for hydroxylation is 1. The van der Waals surface area contributed by atoms with E-state index in [1.807, 2.05) is 31.2 Å². The first kappa shape index (κ1) is 16.8. The fourth-order valence-corrected chi connectivity index (χ4v) is 5.11. The van der Waals surface area contributed by atoms with Crippen molar-refractivity contribution in [3.63, 3.8) is 0 Å². The number of amides is 1. The molecule has 3 rings (SSSR count). The summed E-state index contributed by atoms with van der Waals surface area (Å²) in [4.78, 5) is 13.2. The van der Waals surface area contributed by atoms with E-state index in [4.69, 9.17) is 11.6 Å². The number of nitrogens with one attached hydrogen (secondary N) is 1. The van der Waals surface area contributed by atoms with Gasteiger partial charge in [0.15, 0.2) is 9.84 Å². The number of sulfone groups is 1. The van der Waals surface area contributed by atoms with Crippen LogP contribution in [0.3, 0.4) is 0 Å². The minimum atomic E-state index is -3.20. The zero-order valence-electron chi connectivity index (χ0n) is 12.9. The third-order valence-corrected chi connectivity index (χ3v) is 6.13. The van der Waals surface area contributed by atoms with E-state index in [2.05, 4.69) is 20.7 Å². The van der Waals surface area contributed by atoms with Crippen molar-refractivity contribution < 1.29 is 13.2 Å². The summed E-state index contributed by atoms with van der Waals surface area (Å²) in [5.74, 6) is -0.249. The number of rotatable bonds is 4. The Hall–Kier alpha value is -2.00. The Morgan fingerprint density at radius 1 is 1.38 bits per heavy atom. The Morgan fingerprint density at radius 3 is 2.79 bits per heavy atom. The second-order valence-electron chi connectivity index (χ2n) is 5.73. The molecule has 0 radical (unpaired) electrons. The van der Waals surface area contributed by atoms with E-state index in [9.17, 15) is 13.2 Å². The van der Waals surface area contributed by atoms with E-state index >= 15 is 0 Å². The minimum Gasteiger partial charge on any atom is -0.349 e. The van der Waals surface area contributed by atoms with Gasteiger partial charge in [-0.2, -0.15) is 4.80 Å². The van der Waals surface area contributed by atoms with Gasteiger partial charge in [-0.15, -0.1) is 21.8 Å². The number of alkyl halides is 1. The zero-order chi connectivity index (χ0) is 17.3. The van der Waals surface area contributed by atoms with Crippen molar-refractivity contribution in [2.75, 3.05) is 11.5 Å². The molecule has 1 aliphatic heterocycles. The molecule has 8 nitrogen and oxygen atoms in total. The van der Waals surface area contributed by atoms with Crippen molar-refractivity contribution in [1.82, 2.24) is 25.5 Å². The van der Waals surface area contributed by atoms with E-state index in [-0.39, 0.29) is 18.1 Å². The molecule has 24 heavy (non-hydrogen) atoms. The van der Waals surface area contributed by atoms with Crippen LogP contribution in [0, 0.1) is 6.92 Å². The highest BCUT2D eigenvalue weighted by atomic mass is 35.5. The van der Waals surface area contributed by atoms with Crippen molar-refractivity contribution in [3.05, 3.63) is 29.8 Å².